The van der Waals surface area contributed by atoms with E-state index >= 15 is 0 Å². The molecule has 6 heteroatoms. The van der Waals surface area contributed by atoms with Crippen LogP contribution in [-0.2, 0) is 13.1 Å². The fraction of sp³-hybridized carbons (Fsp3) is 0.286. The molecule has 0 unspecified atom stereocenters. The summed E-state index contributed by atoms with van der Waals surface area (Å²) in [5.74, 6) is 1.36. The maximum Gasteiger partial charge on any atom is 0.492 e. The van der Waals surface area contributed by atoms with Gasteiger partial charge in [-0.2, -0.15) is 0 Å². The number of ether oxygens (including phenoxy) is 1. The molecule has 0 fully saturated rings. The summed E-state index contributed by atoms with van der Waals surface area (Å²) in [6.07, 6.45) is 1.65. The first kappa shape index (κ1) is 14.6. The van der Waals surface area contributed by atoms with Crippen LogP contribution in [0.4, 0.5) is 0 Å². The van der Waals surface area contributed by atoms with Gasteiger partial charge in [0.1, 0.15) is 11.5 Å². The van der Waals surface area contributed by atoms with Crippen molar-refractivity contribution in [3.05, 3.63) is 47.9 Å². The predicted molar refractivity (Wildman–Crippen MR) is 76.7 cm³/mol. The first-order chi connectivity index (χ1) is 9.60. The van der Waals surface area contributed by atoms with Crippen LogP contribution >= 0.6 is 0 Å². The van der Waals surface area contributed by atoms with Gasteiger partial charge in [0.15, 0.2) is 0 Å². The third kappa shape index (κ3) is 3.63. The molecule has 0 amide bonds. The molecule has 1 aromatic carbocycles. The highest BCUT2D eigenvalue weighted by Gasteiger charge is 2.17. The van der Waals surface area contributed by atoms with E-state index < -0.39 is 7.12 Å². The van der Waals surface area contributed by atoms with Crippen LogP contribution in [0.25, 0.3) is 0 Å². The Morgan fingerprint density at radius 3 is 2.65 bits per heavy atom. The summed E-state index contributed by atoms with van der Waals surface area (Å²) in [5.41, 5.74) is 1.35. The molecule has 0 aliphatic heterocycles. The lowest BCUT2D eigenvalue weighted by atomic mass is 9.78. The lowest BCUT2D eigenvalue weighted by Gasteiger charge is -2.17. The van der Waals surface area contributed by atoms with Crippen molar-refractivity contribution in [1.82, 2.24) is 4.90 Å². The standard InChI is InChI=1S/C14H18BNO4/c1-16(10-12-4-3-7-20-12)9-11-5-6-14(19-2)13(8-11)15(17)18/h3-8,17-18H,9-10H2,1-2H3. The summed E-state index contributed by atoms with van der Waals surface area (Å²) >= 11 is 0. The van der Waals surface area contributed by atoms with E-state index in [9.17, 15) is 10.0 Å². The second-order valence-corrected chi connectivity index (χ2v) is 4.70. The van der Waals surface area contributed by atoms with Crippen LogP contribution in [0.15, 0.2) is 41.0 Å². The zero-order chi connectivity index (χ0) is 14.5. The molecule has 1 heterocycles. The van der Waals surface area contributed by atoms with Crippen LogP contribution in [0.5, 0.6) is 5.75 Å². The average molecular weight is 275 g/mol. The summed E-state index contributed by atoms with van der Waals surface area (Å²) in [4.78, 5) is 2.08. The average Bonchev–Trinajstić information content (AvgIpc) is 2.91. The Morgan fingerprint density at radius 2 is 2.05 bits per heavy atom. The highest BCUT2D eigenvalue weighted by Crippen LogP contribution is 2.13. The van der Waals surface area contributed by atoms with Crippen molar-refractivity contribution in [1.29, 1.82) is 0 Å². The van der Waals surface area contributed by atoms with Crippen molar-refractivity contribution in [2.45, 2.75) is 13.1 Å². The molecular formula is C14H18BNO4. The minimum Gasteiger partial charge on any atom is -0.497 e. The maximum absolute atomic E-state index is 9.35. The molecule has 0 saturated heterocycles. The van der Waals surface area contributed by atoms with Crippen molar-refractivity contribution in [2.24, 2.45) is 0 Å². The molecule has 0 bridgehead atoms. The Morgan fingerprint density at radius 1 is 1.25 bits per heavy atom. The molecule has 5 nitrogen and oxygen atoms in total. The van der Waals surface area contributed by atoms with Gasteiger partial charge in [0.25, 0.3) is 0 Å². The van der Waals surface area contributed by atoms with Crippen LogP contribution in [0.2, 0.25) is 0 Å². The lowest BCUT2D eigenvalue weighted by Crippen LogP contribution is -2.32. The summed E-state index contributed by atoms with van der Waals surface area (Å²) < 4.78 is 10.4. The van der Waals surface area contributed by atoms with E-state index in [4.69, 9.17) is 9.15 Å². The molecule has 0 atom stereocenters. The van der Waals surface area contributed by atoms with Gasteiger partial charge < -0.3 is 19.2 Å². The monoisotopic (exact) mass is 275 g/mol. The van der Waals surface area contributed by atoms with Crippen molar-refractivity contribution < 1.29 is 19.2 Å². The summed E-state index contributed by atoms with van der Waals surface area (Å²) in [7, 11) is 1.94. The van der Waals surface area contributed by atoms with Gasteiger partial charge in [-0.25, -0.2) is 0 Å². The van der Waals surface area contributed by atoms with Crippen LogP contribution in [0.3, 0.4) is 0 Å². The Labute approximate surface area is 118 Å². The summed E-state index contributed by atoms with van der Waals surface area (Å²) in [6, 6.07) is 9.17. The first-order valence-electron chi connectivity index (χ1n) is 6.34. The van der Waals surface area contributed by atoms with E-state index in [0.717, 1.165) is 11.3 Å². The molecule has 2 N–H and O–H groups in total. The zero-order valence-electron chi connectivity index (χ0n) is 11.6. The van der Waals surface area contributed by atoms with Crippen LogP contribution in [0, 0.1) is 0 Å². The van der Waals surface area contributed by atoms with E-state index in [1.54, 1.807) is 18.4 Å². The number of methoxy groups -OCH3 is 1. The van der Waals surface area contributed by atoms with E-state index in [1.807, 2.05) is 25.2 Å². The predicted octanol–water partition coefficient (Wildman–Crippen LogP) is 0.600. The Bertz CT molecular complexity index is 542. The third-order valence-electron chi connectivity index (χ3n) is 3.03. The Kier molecular flexibility index (Phi) is 4.84. The molecule has 2 rings (SSSR count). The maximum atomic E-state index is 9.35. The van der Waals surface area contributed by atoms with Crippen molar-refractivity contribution in [3.63, 3.8) is 0 Å². The van der Waals surface area contributed by atoms with Crippen molar-refractivity contribution >= 4 is 12.6 Å². The minimum absolute atomic E-state index is 0.372. The molecule has 0 radical (unpaired) electrons. The highest BCUT2D eigenvalue weighted by molar-refractivity contribution is 6.59. The van der Waals surface area contributed by atoms with Gasteiger partial charge in [-0.05, 0) is 30.8 Å². The number of furan rings is 1. The third-order valence-corrected chi connectivity index (χ3v) is 3.03. The topological polar surface area (TPSA) is 66.1 Å². The van der Waals surface area contributed by atoms with Crippen molar-refractivity contribution in [3.8, 4) is 5.75 Å². The number of benzene rings is 1. The Balaban J connectivity index is 2.07. The van der Waals surface area contributed by atoms with E-state index in [1.165, 1.54) is 7.11 Å². The molecule has 20 heavy (non-hydrogen) atoms. The molecule has 106 valence electrons. The minimum atomic E-state index is -1.54. The van der Waals surface area contributed by atoms with Crippen LogP contribution in [0.1, 0.15) is 11.3 Å². The second kappa shape index (κ2) is 6.61. The Hall–Kier alpha value is -1.76. The molecule has 2 aromatic rings. The smallest absolute Gasteiger partial charge is 0.492 e. The largest absolute Gasteiger partial charge is 0.497 e. The summed E-state index contributed by atoms with van der Waals surface area (Å²) in [5, 5.41) is 18.7. The fourth-order valence-corrected chi connectivity index (χ4v) is 2.12. The van der Waals surface area contributed by atoms with Crippen LogP contribution in [-0.4, -0.2) is 36.2 Å². The SMILES string of the molecule is COc1ccc(CN(C)Cc2ccco2)cc1B(O)O. The van der Waals surface area contributed by atoms with Crippen LogP contribution < -0.4 is 10.2 Å². The van der Waals surface area contributed by atoms with Gasteiger partial charge in [0.05, 0.1) is 19.9 Å². The van der Waals surface area contributed by atoms with Gasteiger partial charge >= 0.3 is 7.12 Å². The van der Waals surface area contributed by atoms with E-state index in [0.29, 0.717) is 24.3 Å². The fourth-order valence-electron chi connectivity index (χ4n) is 2.12. The quantitative estimate of drug-likeness (QED) is 0.756. The first-order valence-corrected chi connectivity index (χ1v) is 6.34. The number of hydrogen-bond acceptors (Lipinski definition) is 5. The van der Waals surface area contributed by atoms with Gasteiger partial charge in [-0.3, -0.25) is 4.90 Å². The van der Waals surface area contributed by atoms with Crippen molar-refractivity contribution in [2.75, 3.05) is 14.2 Å². The van der Waals surface area contributed by atoms with Gasteiger partial charge in [-0.1, -0.05) is 12.1 Å². The second-order valence-electron chi connectivity index (χ2n) is 4.70. The number of hydrogen-bond donors (Lipinski definition) is 2. The number of rotatable bonds is 6. The normalized spacial score (nSPS) is 10.8. The number of nitrogens with zero attached hydrogens (tertiary/aromatic N) is 1. The van der Waals surface area contributed by atoms with E-state index in [-0.39, 0.29) is 0 Å². The highest BCUT2D eigenvalue weighted by atomic mass is 16.5. The van der Waals surface area contributed by atoms with E-state index in [2.05, 4.69) is 4.90 Å². The summed E-state index contributed by atoms with van der Waals surface area (Å²) in [6.45, 7) is 1.36. The molecular weight excluding hydrogens is 257 g/mol. The molecule has 1 aromatic heterocycles. The molecule has 0 aliphatic carbocycles. The van der Waals surface area contributed by atoms with Gasteiger partial charge in [0, 0.05) is 12.0 Å². The zero-order valence-corrected chi connectivity index (χ0v) is 11.6. The molecule has 0 saturated carbocycles. The lowest BCUT2D eigenvalue weighted by molar-refractivity contribution is 0.287. The molecule has 0 aliphatic rings. The van der Waals surface area contributed by atoms with Gasteiger partial charge in [-0.15, -0.1) is 0 Å². The van der Waals surface area contributed by atoms with Gasteiger partial charge in [0.2, 0.25) is 0 Å². The molecule has 0 spiro atoms.